The molecule has 0 unspecified atom stereocenters. The number of amides is 1. The van der Waals surface area contributed by atoms with E-state index in [1.807, 2.05) is 12.1 Å². The van der Waals surface area contributed by atoms with E-state index in [4.69, 9.17) is 4.74 Å². The van der Waals surface area contributed by atoms with Gasteiger partial charge >= 0.3 is 0 Å². The third kappa shape index (κ3) is 4.30. The highest BCUT2D eigenvalue weighted by Gasteiger charge is 2.14. The number of anilines is 1. The molecule has 1 aromatic carbocycles. The average Bonchev–Trinajstić information content (AvgIpc) is 2.67. The van der Waals surface area contributed by atoms with Crippen LogP contribution in [-0.2, 0) is 11.3 Å². The molecule has 1 fully saturated rings. The first-order chi connectivity index (χ1) is 12.1. The minimum absolute atomic E-state index is 0.105. The Morgan fingerprint density at radius 2 is 2.08 bits per heavy atom. The van der Waals surface area contributed by atoms with Crippen LogP contribution in [0.1, 0.15) is 15.9 Å². The SMILES string of the molecule is O=C(NCc1ccnc(N2CCOCC2)c1)c1cccc([N+](=O)[O-])c1. The van der Waals surface area contributed by atoms with E-state index in [1.54, 1.807) is 12.3 Å². The highest BCUT2D eigenvalue weighted by molar-refractivity contribution is 5.94. The maximum absolute atomic E-state index is 12.2. The van der Waals surface area contributed by atoms with E-state index in [9.17, 15) is 14.9 Å². The summed E-state index contributed by atoms with van der Waals surface area (Å²) >= 11 is 0. The maximum atomic E-state index is 12.2. The molecule has 25 heavy (non-hydrogen) atoms. The lowest BCUT2D eigenvalue weighted by Gasteiger charge is -2.28. The van der Waals surface area contributed by atoms with Gasteiger partial charge in [-0.3, -0.25) is 14.9 Å². The van der Waals surface area contributed by atoms with Gasteiger partial charge < -0.3 is 15.0 Å². The van der Waals surface area contributed by atoms with Gasteiger partial charge in [-0.25, -0.2) is 4.98 Å². The summed E-state index contributed by atoms with van der Waals surface area (Å²) < 4.78 is 5.33. The van der Waals surface area contributed by atoms with Crippen LogP contribution in [0.4, 0.5) is 11.5 Å². The molecule has 8 heteroatoms. The first-order valence-corrected chi connectivity index (χ1v) is 7.94. The molecule has 130 valence electrons. The number of benzene rings is 1. The number of ether oxygens (including phenoxy) is 1. The van der Waals surface area contributed by atoms with Crippen LogP contribution in [0, 0.1) is 10.1 Å². The molecule has 0 saturated carbocycles. The maximum Gasteiger partial charge on any atom is 0.270 e. The molecule has 0 atom stereocenters. The molecule has 0 spiro atoms. The van der Waals surface area contributed by atoms with Gasteiger partial charge in [-0.05, 0) is 23.8 Å². The largest absolute Gasteiger partial charge is 0.378 e. The number of hydrogen-bond donors (Lipinski definition) is 1. The fraction of sp³-hybridized carbons (Fsp3) is 0.294. The zero-order chi connectivity index (χ0) is 17.6. The normalized spacial score (nSPS) is 14.2. The zero-order valence-corrected chi connectivity index (χ0v) is 13.6. The second kappa shape index (κ2) is 7.71. The van der Waals surface area contributed by atoms with Crippen molar-refractivity contribution in [1.82, 2.24) is 10.3 Å². The van der Waals surface area contributed by atoms with E-state index < -0.39 is 4.92 Å². The minimum atomic E-state index is -0.520. The number of carbonyl (C=O) groups is 1. The number of nitro benzene ring substituents is 1. The first-order valence-electron chi connectivity index (χ1n) is 7.94. The lowest BCUT2D eigenvalue weighted by molar-refractivity contribution is -0.384. The molecule has 2 aromatic rings. The third-order valence-electron chi connectivity index (χ3n) is 3.92. The second-order valence-electron chi connectivity index (χ2n) is 5.61. The van der Waals surface area contributed by atoms with Crippen LogP contribution in [0.25, 0.3) is 0 Å². The second-order valence-corrected chi connectivity index (χ2v) is 5.61. The van der Waals surface area contributed by atoms with E-state index in [2.05, 4.69) is 15.2 Å². The Morgan fingerprint density at radius 1 is 1.28 bits per heavy atom. The first kappa shape index (κ1) is 16.8. The number of carbonyl (C=O) groups excluding carboxylic acids is 1. The summed E-state index contributed by atoms with van der Waals surface area (Å²) in [6.45, 7) is 3.25. The van der Waals surface area contributed by atoms with E-state index in [0.717, 1.165) is 24.5 Å². The van der Waals surface area contributed by atoms with Crippen molar-refractivity contribution in [2.24, 2.45) is 0 Å². The van der Waals surface area contributed by atoms with Crippen LogP contribution in [-0.4, -0.2) is 42.1 Å². The predicted molar refractivity (Wildman–Crippen MR) is 91.5 cm³/mol. The van der Waals surface area contributed by atoms with Gasteiger partial charge in [-0.15, -0.1) is 0 Å². The van der Waals surface area contributed by atoms with Crippen molar-refractivity contribution >= 4 is 17.4 Å². The number of aromatic nitrogens is 1. The standard InChI is InChI=1S/C17H18N4O4/c22-17(14-2-1-3-15(11-14)21(23)24)19-12-13-4-5-18-16(10-13)20-6-8-25-9-7-20/h1-5,10-11H,6-9,12H2,(H,19,22). The van der Waals surface area contributed by atoms with E-state index >= 15 is 0 Å². The number of pyridine rings is 1. The number of nitrogens with one attached hydrogen (secondary N) is 1. The Kier molecular flexibility index (Phi) is 5.20. The van der Waals surface area contributed by atoms with Crippen molar-refractivity contribution in [2.75, 3.05) is 31.2 Å². The van der Waals surface area contributed by atoms with Crippen molar-refractivity contribution in [2.45, 2.75) is 6.54 Å². The van der Waals surface area contributed by atoms with Crippen LogP contribution in [0.2, 0.25) is 0 Å². The summed E-state index contributed by atoms with van der Waals surface area (Å²) in [5.74, 6) is 0.499. The van der Waals surface area contributed by atoms with Gasteiger partial charge in [0.25, 0.3) is 11.6 Å². The number of non-ortho nitro benzene ring substituents is 1. The van der Waals surface area contributed by atoms with Gasteiger partial charge in [0, 0.05) is 43.5 Å². The Morgan fingerprint density at radius 3 is 2.84 bits per heavy atom. The average molecular weight is 342 g/mol. The highest BCUT2D eigenvalue weighted by Crippen LogP contribution is 2.15. The molecule has 1 aliphatic heterocycles. The monoisotopic (exact) mass is 342 g/mol. The van der Waals surface area contributed by atoms with Gasteiger partial charge in [-0.1, -0.05) is 6.07 Å². The van der Waals surface area contributed by atoms with Crippen LogP contribution in [0.5, 0.6) is 0 Å². The molecular weight excluding hydrogens is 324 g/mol. The fourth-order valence-electron chi connectivity index (χ4n) is 2.58. The topological polar surface area (TPSA) is 97.6 Å². The molecule has 8 nitrogen and oxygen atoms in total. The summed E-state index contributed by atoms with van der Waals surface area (Å²) in [5, 5.41) is 13.6. The smallest absolute Gasteiger partial charge is 0.270 e. The van der Waals surface area contributed by atoms with Gasteiger partial charge in [0.05, 0.1) is 18.1 Å². The molecular formula is C17H18N4O4. The predicted octanol–water partition coefficient (Wildman–Crippen LogP) is 1.76. The summed E-state index contributed by atoms with van der Waals surface area (Å²) in [6, 6.07) is 9.43. The van der Waals surface area contributed by atoms with Gasteiger partial charge in [0.2, 0.25) is 0 Å². The quantitative estimate of drug-likeness (QED) is 0.657. The van der Waals surface area contributed by atoms with Crippen LogP contribution < -0.4 is 10.2 Å². The highest BCUT2D eigenvalue weighted by atomic mass is 16.6. The fourth-order valence-corrected chi connectivity index (χ4v) is 2.58. The third-order valence-corrected chi connectivity index (χ3v) is 3.92. The number of hydrogen-bond acceptors (Lipinski definition) is 6. The number of rotatable bonds is 5. The molecule has 0 bridgehead atoms. The molecule has 1 aliphatic rings. The molecule has 2 heterocycles. The Balaban J connectivity index is 1.64. The number of nitro groups is 1. The van der Waals surface area contributed by atoms with Crippen molar-refractivity contribution < 1.29 is 14.5 Å². The zero-order valence-electron chi connectivity index (χ0n) is 13.6. The molecule has 1 saturated heterocycles. The summed E-state index contributed by atoms with van der Waals surface area (Å²) in [7, 11) is 0. The summed E-state index contributed by atoms with van der Waals surface area (Å²) in [6.07, 6.45) is 1.71. The molecule has 1 N–H and O–H groups in total. The van der Waals surface area contributed by atoms with Gasteiger partial charge in [0.1, 0.15) is 5.82 Å². The Bertz CT molecular complexity index is 775. The van der Waals surface area contributed by atoms with Crippen molar-refractivity contribution in [1.29, 1.82) is 0 Å². The Hall–Kier alpha value is -3.00. The van der Waals surface area contributed by atoms with E-state index in [-0.39, 0.29) is 17.2 Å². The molecule has 0 aliphatic carbocycles. The van der Waals surface area contributed by atoms with Crippen molar-refractivity contribution in [3.63, 3.8) is 0 Å². The van der Waals surface area contributed by atoms with Crippen LogP contribution in [0.3, 0.4) is 0 Å². The van der Waals surface area contributed by atoms with Crippen LogP contribution in [0.15, 0.2) is 42.6 Å². The van der Waals surface area contributed by atoms with Crippen LogP contribution >= 0.6 is 0 Å². The lowest BCUT2D eigenvalue weighted by Crippen LogP contribution is -2.36. The summed E-state index contributed by atoms with van der Waals surface area (Å²) in [4.78, 5) is 29.0. The van der Waals surface area contributed by atoms with Gasteiger partial charge in [-0.2, -0.15) is 0 Å². The number of nitrogens with zero attached hydrogens (tertiary/aromatic N) is 3. The summed E-state index contributed by atoms with van der Waals surface area (Å²) in [5.41, 5.74) is 1.07. The number of morpholine rings is 1. The lowest BCUT2D eigenvalue weighted by atomic mass is 10.2. The molecule has 1 aromatic heterocycles. The van der Waals surface area contributed by atoms with Crippen molar-refractivity contribution in [3.8, 4) is 0 Å². The molecule has 1 amide bonds. The molecule has 0 radical (unpaired) electrons. The van der Waals surface area contributed by atoms with Gasteiger partial charge in [0.15, 0.2) is 0 Å². The minimum Gasteiger partial charge on any atom is -0.378 e. The van der Waals surface area contributed by atoms with E-state index in [1.165, 1.54) is 18.2 Å². The Labute approximate surface area is 144 Å². The van der Waals surface area contributed by atoms with E-state index in [0.29, 0.717) is 19.8 Å². The van der Waals surface area contributed by atoms with Crippen molar-refractivity contribution in [3.05, 3.63) is 63.8 Å². The molecule has 3 rings (SSSR count).